The zero-order valence-corrected chi connectivity index (χ0v) is 11.6. The van der Waals surface area contributed by atoms with Gasteiger partial charge in [-0.15, -0.1) is 0 Å². The number of aromatic amines is 1. The lowest BCUT2D eigenvalue weighted by atomic mass is 10.1. The quantitative estimate of drug-likeness (QED) is 0.878. The molecule has 0 amide bonds. The van der Waals surface area contributed by atoms with Crippen LogP contribution in [0.5, 0.6) is 0 Å². The van der Waals surface area contributed by atoms with Gasteiger partial charge in [0.15, 0.2) is 0 Å². The van der Waals surface area contributed by atoms with Gasteiger partial charge in [0, 0.05) is 12.1 Å². The van der Waals surface area contributed by atoms with Crippen LogP contribution in [0.4, 0.5) is 0 Å². The average Bonchev–Trinajstić information content (AvgIpc) is 3.11. The summed E-state index contributed by atoms with van der Waals surface area (Å²) in [4.78, 5) is 0. The third kappa shape index (κ3) is 3.16. The molecule has 1 aromatic carbocycles. The molecule has 0 aliphatic carbocycles. The van der Waals surface area contributed by atoms with Gasteiger partial charge in [-0.1, -0.05) is 30.3 Å². The second-order valence-corrected chi connectivity index (χ2v) is 6.00. The van der Waals surface area contributed by atoms with Crippen molar-refractivity contribution in [1.82, 2.24) is 20.7 Å². The molecule has 4 nitrogen and oxygen atoms in total. The van der Waals surface area contributed by atoms with E-state index in [0.29, 0.717) is 0 Å². The van der Waals surface area contributed by atoms with E-state index >= 15 is 0 Å². The summed E-state index contributed by atoms with van der Waals surface area (Å²) in [5, 5.41) is 14.7. The van der Waals surface area contributed by atoms with Crippen molar-refractivity contribution in [2.45, 2.75) is 13.0 Å². The standard InChI is InChI=1S/C14H18N4S/c1-2-4-12(5-3-1)14-13(16-18-17-14)9-15-8-11-6-7-19-10-11/h1-5,11,15H,6-10H2,(H,16,17,18). The summed E-state index contributed by atoms with van der Waals surface area (Å²) in [6, 6.07) is 10.2. The predicted molar refractivity (Wildman–Crippen MR) is 79.0 cm³/mol. The van der Waals surface area contributed by atoms with Crippen molar-refractivity contribution in [3.05, 3.63) is 36.0 Å². The Balaban J connectivity index is 1.61. The lowest BCUT2D eigenvalue weighted by Crippen LogP contribution is -2.22. The molecule has 0 radical (unpaired) electrons. The fraction of sp³-hybridized carbons (Fsp3) is 0.429. The molecule has 1 aliphatic heterocycles. The molecule has 1 aromatic heterocycles. The maximum Gasteiger partial charge on any atom is 0.117 e. The van der Waals surface area contributed by atoms with E-state index in [1.165, 1.54) is 17.9 Å². The minimum absolute atomic E-state index is 0.780. The van der Waals surface area contributed by atoms with E-state index in [4.69, 9.17) is 0 Å². The van der Waals surface area contributed by atoms with Crippen molar-refractivity contribution in [1.29, 1.82) is 0 Å². The molecule has 5 heteroatoms. The fourth-order valence-electron chi connectivity index (χ4n) is 2.34. The number of hydrogen-bond acceptors (Lipinski definition) is 4. The highest BCUT2D eigenvalue weighted by Gasteiger charge is 2.15. The van der Waals surface area contributed by atoms with Crippen molar-refractivity contribution in [2.24, 2.45) is 5.92 Å². The number of rotatable bonds is 5. The second-order valence-electron chi connectivity index (χ2n) is 4.85. The topological polar surface area (TPSA) is 53.6 Å². The van der Waals surface area contributed by atoms with E-state index < -0.39 is 0 Å². The molecule has 19 heavy (non-hydrogen) atoms. The Labute approximate surface area is 117 Å². The molecule has 3 rings (SSSR count). The van der Waals surface area contributed by atoms with E-state index in [9.17, 15) is 0 Å². The summed E-state index contributed by atoms with van der Waals surface area (Å²) in [5.41, 5.74) is 3.07. The van der Waals surface area contributed by atoms with E-state index in [1.54, 1.807) is 0 Å². The summed E-state index contributed by atoms with van der Waals surface area (Å²) in [7, 11) is 0. The number of nitrogens with zero attached hydrogens (tertiary/aromatic N) is 2. The van der Waals surface area contributed by atoms with Crippen molar-refractivity contribution < 1.29 is 0 Å². The Morgan fingerprint density at radius 1 is 1.26 bits per heavy atom. The number of nitrogens with one attached hydrogen (secondary N) is 2. The van der Waals surface area contributed by atoms with Gasteiger partial charge in [-0.2, -0.15) is 27.2 Å². The van der Waals surface area contributed by atoms with Crippen LogP contribution < -0.4 is 5.32 Å². The Kier molecular flexibility index (Phi) is 4.15. The van der Waals surface area contributed by atoms with Gasteiger partial charge < -0.3 is 5.32 Å². The lowest BCUT2D eigenvalue weighted by molar-refractivity contribution is 0.520. The molecule has 1 fully saturated rings. The smallest absolute Gasteiger partial charge is 0.117 e. The first kappa shape index (κ1) is 12.7. The zero-order chi connectivity index (χ0) is 12.9. The van der Waals surface area contributed by atoms with E-state index in [2.05, 4.69) is 44.6 Å². The summed E-state index contributed by atoms with van der Waals surface area (Å²) in [6.45, 7) is 1.86. The molecular weight excluding hydrogens is 256 g/mol. The van der Waals surface area contributed by atoms with Crippen LogP contribution in [0.3, 0.4) is 0 Å². The Bertz CT molecular complexity index is 505. The van der Waals surface area contributed by atoms with Crippen LogP contribution in [0.1, 0.15) is 12.1 Å². The molecule has 1 unspecified atom stereocenters. The molecule has 1 aliphatic rings. The van der Waals surface area contributed by atoms with Crippen LogP contribution in [0, 0.1) is 5.92 Å². The van der Waals surface area contributed by atoms with Crippen molar-refractivity contribution in [3.8, 4) is 11.3 Å². The van der Waals surface area contributed by atoms with Gasteiger partial charge in [0.2, 0.25) is 0 Å². The summed E-state index contributed by atoms with van der Waals surface area (Å²) >= 11 is 2.06. The maximum atomic E-state index is 4.26. The molecule has 0 spiro atoms. The summed E-state index contributed by atoms with van der Waals surface area (Å²) < 4.78 is 0. The van der Waals surface area contributed by atoms with Gasteiger partial charge in [-0.3, -0.25) is 0 Å². The first-order valence-corrected chi connectivity index (χ1v) is 7.82. The van der Waals surface area contributed by atoms with Crippen molar-refractivity contribution >= 4 is 11.8 Å². The number of benzene rings is 1. The van der Waals surface area contributed by atoms with E-state index in [1.807, 2.05) is 18.2 Å². The largest absolute Gasteiger partial charge is 0.311 e. The number of aromatic nitrogens is 3. The van der Waals surface area contributed by atoms with Gasteiger partial charge in [-0.05, 0) is 30.4 Å². The zero-order valence-electron chi connectivity index (χ0n) is 10.8. The van der Waals surface area contributed by atoms with Crippen molar-refractivity contribution in [2.75, 3.05) is 18.1 Å². The minimum Gasteiger partial charge on any atom is -0.311 e. The Morgan fingerprint density at radius 2 is 2.16 bits per heavy atom. The van der Waals surface area contributed by atoms with Gasteiger partial charge in [0.1, 0.15) is 11.4 Å². The molecule has 0 bridgehead atoms. The lowest BCUT2D eigenvalue weighted by Gasteiger charge is -2.09. The highest BCUT2D eigenvalue weighted by atomic mass is 32.2. The highest BCUT2D eigenvalue weighted by molar-refractivity contribution is 7.99. The summed E-state index contributed by atoms with van der Waals surface area (Å²) in [5.74, 6) is 3.42. The van der Waals surface area contributed by atoms with Crippen molar-refractivity contribution in [3.63, 3.8) is 0 Å². The normalized spacial score (nSPS) is 18.8. The number of hydrogen-bond donors (Lipinski definition) is 2. The molecule has 100 valence electrons. The molecule has 2 heterocycles. The average molecular weight is 274 g/mol. The third-order valence-electron chi connectivity index (χ3n) is 3.42. The van der Waals surface area contributed by atoms with Gasteiger partial charge >= 0.3 is 0 Å². The van der Waals surface area contributed by atoms with Crippen LogP contribution in [0.15, 0.2) is 30.3 Å². The SMILES string of the molecule is c1ccc(-c2n[nH]nc2CNCC2CCSC2)cc1. The van der Waals surface area contributed by atoms with Crippen LogP contribution in [-0.2, 0) is 6.54 Å². The van der Waals surface area contributed by atoms with Crippen LogP contribution in [0.25, 0.3) is 11.3 Å². The van der Waals surface area contributed by atoms with Crippen LogP contribution >= 0.6 is 11.8 Å². The van der Waals surface area contributed by atoms with Crippen LogP contribution in [-0.4, -0.2) is 33.5 Å². The van der Waals surface area contributed by atoms with E-state index in [-0.39, 0.29) is 0 Å². The molecule has 1 saturated heterocycles. The first-order chi connectivity index (χ1) is 9.43. The third-order valence-corrected chi connectivity index (χ3v) is 4.65. The number of H-pyrrole nitrogens is 1. The molecule has 2 aromatic rings. The highest BCUT2D eigenvalue weighted by Crippen LogP contribution is 2.23. The first-order valence-electron chi connectivity index (χ1n) is 6.67. The Morgan fingerprint density at radius 3 is 2.95 bits per heavy atom. The van der Waals surface area contributed by atoms with Gasteiger partial charge in [-0.25, -0.2) is 0 Å². The van der Waals surface area contributed by atoms with Gasteiger partial charge in [0.05, 0.1) is 0 Å². The predicted octanol–water partition coefficient (Wildman–Crippen LogP) is 2.31. The van der Waals surface area contributed by atoms with E-state index in [0.717, 1.165) is 36.0 Å². The number of thioether (sulfide) groups is 1. The Hall–Kier alpha value is -1.33. The monoisotopic (exact) mass is 274 g/mol. The molecule has 0 saturated carbocycles. The fourth-order valence-corrected chi connectivity index (χ4v) is 3.63. The van der Waals surface area contributed by atoms with Gasteiger partial charge in [0.25, 0.3) is 0 Å². The second kappa shape index (κ2) is 6.21. The molecule has 1 atom stereocenters. The maximum absolute atomic E-state index is 4.26. The molecular formula is C14H18N4S. The summed E-state index contributed by atoms with van der Waals surface area (Å²) in [6.07, 6.45) is 1.34. The molecule has 2 N–H and O–H groups in total. The van der Waals surface area contributed by atoms with Crippen LogP contribution in [0.2, 0.25) is 0 Å². The minimum atomic E-state index is 0.780.